The van der Waals surface area contributed by atoms with Crippen molar-refractivity contribution >= 4 is 11.8 Å². The molecule has 32 heavy (non-hydrogen) atoms. The van der Waals surface area contributed by atoms with Crippen molar-refractivity contribution in [3.63, 3.8) is 0 Å². The molecule has 3 aromatic rings. The molecule has 2 heterocycles. The zero-order valence-electron chi connectivity index (χ0n) is 17.4. The molecule has 2 aromatic heterocycles. The van der Waals surface area contributed by atoms with Crippen LogP contribution < -0.4 is 16.4 Å². The van der Waals surface area contributed by atoms with E-state index in [1.807, 2.05) is 0 Å². The first kappa shape index (κ1) is 23.1. The van der Waals surface area contributed by atoms with Crippen LogP contribution in [0.4, 0.5) is 13.2 Å². The summed E-state index contributed by atoms with van der Waals surface area (Å²) in [5.41, 5.74) is 4.83. The Labute approximate surface area is 181 Å². The van der Waals surface area contributed by atoms with E-state index in [1.54, 1.807) is 31.2 Å². The summed E-state index contributed by atoms with van der Waals surface area (Å²) in [6.07, 6.45) is -4.73. The number of furan rings is 1. The molecule has 1 atom stereocenters. The van der Waals surface area contributed by atoms with Crippen molar-refractivity contribution in [2.75, 3.05) is 0 Å². The van der Waals surface area contributed by atoms with E-state index < -0.39 is 23.8 Å². The Hall–Kier alpha value is -3.60. The van der Waals surface area contributed by atoms with E-state index in [1.165, 1.54) is 19.1 Å². The minimum atomic E-state index is -4.73. The summed E-state index contributed by atoms with van der Waals surface area (Å²) < 4.78 is 46.2. The number of hydrogen-bond donors (Lipinski definition) is 3. The van der Waals surface area contributed by atoms with E-state index in [-0.39, 0.29) is 30.4 Å². The van der Waals surface area contributed by atoms with Gasteiger partial charge in [0, 0.05) is 12.6 Å². The lowest BCUT2D eigenvalue weighted by molar-refractivity contribution is -0.141. The number of carbonyl (C=O) groups is 2. The average Bonchev–Trinajstić information content (AvgIpc) is 3.37. The number of nitrogens with one attached hydrogen (secondary N) is 2. The number of alkyl halides is 3. The van der Waals surface area contributed by atoms with Gasteiger partial charge < -0.3 is 20.8 Å². The first-order valence-electron chi connectivity index (χ1n) is 9.68. The van der Waals surface area contributed by atoms with Crippen LogP contribution in [0.5, 0.6) is 0 Å². The molecule has 0 radical (unpaired) electrons. The molecular formula is C21H22F3N5O3. The van der Waals surface area contributed by atoms with Crippen molar-refractivity contribution in [1.82, 2.24) is 20.4 Å². The van der Waals surface area contributed by atoms with Gasteiger partial charge in [0.2, 0.25) is 5.91 Å². The van der Waals surface area contributed by atoms with Gasteiger partial charge in [-0.1, -0.05) is 12.1 Å². The molecule has 0 fully saturated rings. The quantitative estimate of drug-likeness (QED) is 0.513. The number of carbonyl (C=O) groups excluding carboxylic acids is 2. The minimum absolute atomic E-state index is 0.00253. The summed E-state index contributed by atoms with van der Waals surface area (Å²) in [6, 6.07) is 9.66. The van der Waals surface area contributed by atoms with Crippen molar-refractivity contribution in [2.45, 2.75) is 39.2 Å². The van der Waals surface area contributed by atoms with Crippen molar-refractivity contribution in [3.8, 4) is 5.69 Å². The Kier molecular flexibility index (Phi) is 6.68. The standard InChI is InChI=1S/C21H22F3N5O3/c1-12-6-7-16(32-12)11-27-20(31)17-9-18(21(22,23)24)28-29(17)15-5-3-4-14(8-15)10-26-19(30)13(2)25/h3-9,13H,10-11,25H2,1-2H3,(H,26,30)(H,27,31)/t13-/m0/s1. The van der Waals surface area contributed by atoms with Gasteiger partial charge >= 0.3 is 6.18 Å². The summed E-state index contributed by atoms with van der Waals surface area (Å²) in [7, 11) is 0. The zero-order valence-corrected chi connectivity index (χ0v) is 17.4. The lowest BCUT2D eigenvalue weighted by atomic mass is 10.2. The molecule has 170 valence electrons. The Morgan fingerprint density at radius 1 is 1.16 bits per heavy atom. The van der Waals surface area contributed by atoms with Gasteiger partial charge in [0.15, 0.2) is 5.69 Å². The second kappa shape index (κ2) is 9.27. The normalized spacial score (nSPS) is 12.4. The van der Waals surface area contributed by atoms with Crippen molar-refractivity contribution in [1.29, 1.82) is 0 Å². The fourth-order valence-corrected chi connectivity index (χ4v) is 2.86. The van der Waals surface area contributed by atoms with Gasteiger partial charge in [-0.15, -0.1) is 0 Å². The molecular weight excluding hydrogens is 427 g/mol. The first-order chi connectivity index (χ1) is 15.0. The predicted octanol–water partition coefficient (Wildman–Crippen LogP) is 2.69. The van der Waals surface area contributed by atoms with Crippen molar-refractivity contribution in [2.24, 2.45) is 5.73 Å². The lowest BCUT2D eigenvalue weighted by Crippen LogP contribution is -2.37. The summed E-state index contributed by atoms with van der Waals surface area (Å²) >= 11 is 0. The van der Waals surface area contributed by atoms with Gasteiger partial charge in [-0.2, -0.15) is 18.3 Å². The number of nitrogens with zero attached hydrogens (tertiary/aromatic N) is 2. The highest BCUT2D eigenvalue weighted by molar-refractivity contribution is 5.93. The maximum absolute atomic E-state index is 13.3. The van der Waals surface area contributed by atoms with E-state index >= 15 is 0 Å². The molecule has 0 aliphatic rings. The maximum Gasteiger partial charge on any atom is 0.435 e. The minimum Gasteiger partial charge on any atom is -0.465 e. The predicted molar refractivity (Wildman–Crippen MR) is 109 cm³/mol. The number of aromatic nitrogens is 2. The molecule has 4 N–H and O–H groups in total. The number of hydrogen-bond acceptors (Lipinski definition) is 5. The van der Waals surface area contributed by atoms with Crippen LogP contribution in [-0.4, -0.2) is 27.6 Å². The van der Waals surface area contributed by atoms with E-state index in [2.05, 4.69) is 15.7 Å². The SMILES string of the molecule is Cc1ccc(CNC(=O)c2cc(C(F)(F)F)nn2-c2cccc(CNC(=O)[C@H](C)N)c2)o1. The molecule has 11 heteroatoms. The van der Waals surface area contributed by atoms with Crippen LogP contribution in [0.2, 0.25) is 0 Å². The summed E-state index contributed by atoms with van der Waals surface area (Å²) in [6.45, 7) is 3.38. The van der Waals surface area contributed by atoms with Crippen LogP contribution >= 0.6 is 0 Å². The molecule has 0 bridgehead atoms. The molecule has 8 nitrogen and oxygen atoms in total. The molecule has 0 saturated carbocycles. The third-order valence-corrected chi connectivity index (χ3v) is 4.49. The first-order valence-corrected chi connectivity index (χ1v) is 9.68. The number of halogens is 3. The summed E-state index contributed by atoms with van der Waals surface area (Å²) in [5.74, 6) is -0.0174. The average molecular weight is 449 g/mol. The van der Waals surface area contributed by atoms with Crippen molar-refractivity contribution < 1.29 is 27.2 Å². The molecule has 0 aliphatic heterocycles. The molecule has 0 unspecified atom stereocenters. The Bertz CT molecular complexity index is 1120. The second-order valence-corrected chi connectivity index (χ2v) is 7.20. The highest BCUT2D eigenvalue weighted by Gasteiger charge is 2.36. The molecule has 0 spiro atoms. The van der Waals surface area contributed by atoms with E-state index in [0.717, 1.165) is 4.68 Å². The summed E-state index contributed by atoms with van der Waals surface area (Å²) in [4.78, 5) is 24.4. The Morgan fingerprint density at radius 3 is 2.53 bits per heavy atom. The summed E-state index contributed by atoms with van der Waals surface area (Å²) in [5, 5.41) is 8.76. The molecule has 0 aliphatic carbocycles. The van der Waals surface area contributed by atoms with Crippen LogP contribution in [0.15, 0.2) is 46.9 Å². The second-order valence-electron chi connectivity index (χ2n) is 7.20. The van der Waals surface area contributed by atoms with Gasteiger partial charge in [0.25, 0.3) is 5.91 Å². The van der Waals surface area contributed by atoms with Gasteiger partial charge in [-0.25, -0.2) is 4.68 Å². The molecule has 3 rings (SSSR count). The highest BCUT2D eigenvalue weighted by atomic mass is 19.4. The largest absolute Gasteiger partial charge is 0.465 e. The van der Waals surface area contributed by atoms with Crippen LogP contribution in [0.25, 0.3) is 5.69 Å². The Morgan fingerprint density at radius 2 is 1.91 bits per heavy atom. The Balaban J connectivity index is 1.88. The lowest BCUT2D eigenvalue weighted by Gasteiger charge is -2.11. The smallest absolute Gasteiger partial charge is 0.435 e. The fraction of sp³-hybridized carbons (Fsp3) is 0.286. The topological polar surface area (TPSA) is 115 Å². The van der Waals surface area contributed by atoms with Crippen LogP contribution in [-0.2, 0) is 24.1 Å². The van der Waals surface area contributed by atoms with Crippen LogP contribution in [0.3, 0.4) is 0 Å². The van der Waals surface area contributed by atoms with Gasteiger partial charge in [0.1, 0.15) is 17.2 Å². The van der Waals surface area contributed by atoms with Gasteiger partial charge in [-0.3, -0.25) is 9.59 Å². The maximum atomic E-state index is 13.3. The number of nitrogens with two attached hydrogens (primary N) is 1. The third-order valence-electron chi connectivity index (χ3n) is 4.49. The monoisotopic (exact) mass is 449 g/mol. The highest BCUT2D eigenvalue weighted by Crippen LogP contribution is 2.29. The van der Waals surface area contributed by atoms with Crippen molar-refractivity contribution in [3.05, 3.63) is 70.9 Å². The zero-order chi connectivity index (χ0) is 23.5. The van der Waals surface area contributed by atoms with Gasteiger partial charge in [-0.05, 0) is 43.7 Å². The number of benzene rings is 1. The number of amides is 2. The van der Waals surface area contributed by atoms with Crippen LogP contribution in [0, 0.1) is 6.92 Å². The molecule has 1 aromatic carbocycles. The number of rotatable bonds is 7. The van der Waals surface area contributed by atoms with E-state index in [0.29, 0.717) is 23.2 Å². The van der Waals surface area contributed by atoms with Crippen LogP contribution in [0.1, 0.15) is 40.2 Å². The van der Waals surface area contributed by atoms with Gasteiger partial charge in [0.05, 0.1) is 18.3 Å². The van der Waals surface area contributed by atoms with E-state index in [9.17, 15) is 22.8 Å². The molecule has 2 amide bonds. The third kappa shape index (κ3) is 5.55. The molecule has 0 saturated heterocycles. The fourth-order valence-electron chi connectivity index (χ4n) is 2.86. The van der Waals surface area contributed by atoms with E-state index in [4.69, 9.17) is 10.2 Å². The number of aryl methyl sites for hydroxylation is 1.